The first-order valence-electron chi connectivity index (χ1n) is 5.96. The number of carbonyl (C=O) groups is 1. The molecule has 0 fully saturated rings. The van der Waals surface area contributed by atoms with Crippen LogP contribution in [0.25, 0.3) is 0 Å². The van der Waals surface area contributed by atoms with Gasteiger partial charge in [0, 0.05) is 11.8 Å². The van der Waals surface area contributed by atoms with Crippen molar-refractivity contribution in [1.82, 2.24) is 4.98 Å². The maximum Gasteiger partial charge on any atom is 0.416 e. The summed E-state index contributed by atoms with van der Waals surface area (Å²) in [5, 5.41) is 2.39. The maximum absolute atomic E-state index is 12.4. The summed E-state index contributed by atoms with van der Waals surface area (Å²) in [6.45, 7) is 1.64. The molecule has 1 amide bonds. The second-order valence-electron chi connectivity index (χ2n) is 4.39. The quantitative estimate of drug-likeness (QED) is 0.895. The van der Waals surface area contributed by atoms with E-state index in [9.17, 15) is 22.8 Å². The van der Waals surface area contributed by atoms with Crippen LogP contribution in [0.4, 0.5) is 18.9 Å². The fourth-order valence-electron chi connectivity index (χ4n) is 1.73. The Balaban J connectivity index is 2.23. The number of hydrogen-bond donors (Lipinski definition) is 2. The molecule has 4 nitrogen and oxygen atoms in total. The number of hydrogen-bond acceptors (Lipinski definition) is 2. The van der Waals surface area contributed by atoms with E-state index < -0.39 is 23.2 Å². The smallest absolute Gasteiger partial charge is 0.327 e. The number of aryl methyl sites for hydroxylation is 1. The lowest BCUT2D eigenvalue weighted by molar-refractivity contribution is -0.137. The summed E-state index contributed by atoms with van der Waals surface area (Å²) in [5.74, 6) is -0.650. The molecule has 2 rings (SSSR count). The molecule has 0 atom stereocenters. The monoisotopic (exact) mass is 296 g/mol. The summed E-state index contributed by atoms with van der Waals surface area (Å²) >= 11 is 0. The molecule has 1 aromatic heterocycles. The Morgan fingerprint density at radius 1 is 1.14 bits per heavy atom. The standard InChI is InChI=1S/C14H11F3N2O2/c1-8-6-7-18-13(21)11(8)19-12(20)9-2-4-10(5-3-9)14(15,16)17/h2-7H,1H3,(H,18,21)(H,19,20). The van der Waals surface area contributed by atoms with Gasteiger partial charge in [0.2, 0.25) is 0 Å². The number of aromatic amines is 1. The zero-order valence-electron chi connectivity index (χ0n) is 10.9. The summed E-state index contributed by atoms with van der Waals surface area (Å²) in [7, 11) is 0. The largest absolute Gasteiger partial charge is 0.416 e. The van der Waals surface area contributed by atoms with Gasteiger partial charge in [-0.25, -0.2) is 0 Å². The first-order chi connectivity index (χ1) is 9.79. The van der Waals surface area contributed by atoms with Crippen LogP contribution in [-0.4, -0.2) is 10.9 Å². The SMILES string of the molecule is Cc1cc[nH]c(=O)c1NC(=O)c1ccc(C(F)(F)F)cc1. The van der Waals surface area contributed by atoms with E-state index in [0.29, 0.717) is 5.56 Å². The van der Waals surface area contributed by atoms with E-state index in [4.69, 9.17) is 0 Å². The molecule has 1 heterocycles. The summed E-state index contributed by atoms with van der Waals surface area (Å²) in [5.41, 5.74) is -0.657. The number of pyridine rings is 1. The number of amides is 1. The summed E-state index contributed by atoms with van der Waals surface area (Å²) in [6.07, 6.45) is -3.02. The number of H-pyrrole nitrogens is 1. The molecule has 21 heavy (non-hydrogen) atoms. The molecule has 110 valence electrons. The first kappa shape index (κ1) is 14.8. The Kier molecular flexibility index (Phi) is 3.84. The fourth-order valence-corrected chi connectivity index (χ4v) is 1.73. The maximum atomic E-state index is 12.4. The molecule has 0 radical (unpaired) electrons. The van der Waals surface area contributed by atoms with Crippen LogP contribution in [0.5, 0.6) is 0 Å². The highest BCUT2D eigenvalue weighted by Gasteiger charge is 2.30. The molecule has 0 saturated heterocycles. The molecule has 1 aromatic carbocycles. The van der Waals surface area contributed by atoms with Crippen LogP contribution in [0.3, 0.4) is 0 Å². The van der Waals surface area contributed by atoms with E-state index in [1.54, 1.807) is 13.0 Å². The molecule has 0 aliphatic carbocycles. The molecule has 0 unspecified atom stereocenters. The lowest BCUT2D eigenvalue weighted by atomic mass is 10.1. The predicted octanol–water partition coefficient (Wildman–Crippen LogP) is 2.95. The molecule has 2 aromatic rings. The Morgan fingerprint density at radius 3 is 2.29 bits per heavy atom. The molecule has 0 aliphatic rings. The van der Waals surface area contributed by atoms with Gasteiger partial charge in [-0.2, -0.15) is 13.2 Å². The van der Waals surface area contributed by atoms with Gasteiger partial charge in [-0.15, -0.1) is 0 Å². The lowest BCUT2D eigenvalue weighted by Gasteiger charge is -2.09. The van der Waals surface area contributed by atoms with E-state index >= 15 is 0 Å². The molecule has 0 bridgehead atoms. The number of carbonyl (C=O) groups excluding carboxylic acids is 1. The van der Waals surface area contributed by atoms with Crippen molar-refractivity contribution in [3.63, 3.8) is 0 Å². The van der Waals surface area contributed by atoms with E-state index in [-0.39, 0.29) is 11.3 Å². The van der Waals surface area contributed by atoms with Crippen molar-refractivity contribution < 1.29 is 18.0 Å². The minimum atomic E-state index is -4.46. The molecule has 7 heteroatoms. The van der Waals surface area contributed by atoms with Gasteiger partial charge in [-0.1, -0.05) is 0 Å². The predicted molar refractivity (Wildman–Crippen MR) is 71.2 cm³/mol. The van der Waals surface area contributed by atoms with Crippen molar-refractivity contribution in [2.45, 2.75) is 13.1 Å². The third-order valence-electron chi connectivity index (χ3n) is 2.88. The molecule has 0 aliphatic heterocycles. The van der Waals surface area contributed by atoms with Crippen LogP contribution in [0.15, 0.2) is 41.3 Å². The van der Waals surface area contributed by atoms with Crippen molar-refractivity contribution in [2.75, 3.05) is 5.32 Å². The average Bonchev–Trinajstić information content (AvgIpc) is 2.42. The molecular weight excluding hydrogens is 285 g/mol. The van der Waals surface area contributed by atoms with Gasteiger partial charge in [0.05, 0.1) is 5.56 Å². The third-order valence-corrected chi connectivity index (χ3v) is 2.88. The highest BCUT2D eigenvalue weighted by atomic mass is 19.4. The van der Waals surface area contributed by atoms with Crippen molar-refractivity contribution in [2.24, 2.45) is 0 Å². The van der Waals surface area contributed by atoms with Crippen molar-refractivity contribution >= 4 is 11.6 Å². The van der Waals surface area contributed by atoms with Crippen molar-refractivity contribution in [3.05, 3.63) is 63.6 Å². The zero-order valence-corrected chi connectivity index (χ0v) is 10.9. The van der Waals surface area contributed by atoms with Crippen LogP contribution in [0.2, 0.25) is 0 Å². The van der Waals surface area contributed by atoms with Crippen LogP contribution >= 0.6 is 0 Å². The highest BCUT2D eigenvalue weighted by molar-refractivity contribution is 6.04. The number of benzene rings is 1. The second-order valence-corrected chi connectivity index (χ2v) is 4.39. The molecule has 2 N–H and O–H groups in total. The number of rotatable bonds is 2. The van der Waals surface area contributed by atoms with Gasteiger partial charge in [0.25, 0.3) is 11.5 Å². The normalized spacial score (nSPS) is 11.2. The van der Waals surface area contributed by atoms with Crippen molar-refractivity contribution in [3.8, 4) is 0 Å². The Morgan fingerprint density at radius 2 is 1.76 bits per heavy atom. The first-order valence-corrected chi connectivity index (χ1v) is 5.96. The van der Waals surface area contributed by atoms with Gasteiger partial charge in [-0.3, -0.25) is 9.59 Å². The van der Waals surface area contributed by atoms with Gasteiger partial charge in [0.15, 0.2) is 0 Å². The summed E-state index contributed by atoms with van der Waals surface area (Å²) in [4.78, 5) is 25.9. The number of anilines is 1. The fraction of sp³-hybridized carbons (Fsp3) is 0.143. The zero-order chi connectivity index (χ0) is 15.6. The van der Waals surface area contributed by atoms with E-state index in [0.717, 1.165) is 24.3 Å². The summed E-state index contributed by atoms with van der Waals surface area (Å²) in [6, 6.07) is 5.35. The van der Waals surface area contributed by atoms with Crippen LogP contribution in [0, 0.1) is 6.92 Å². The Labute approximate surface area is 117 Å². The second kappa shape index (κ2) is 5.43. The Bertz CT molecular complexity index is 718. The van der Waals surface area contributed by atoms with Crippen molar-refractivity contribution in [1.29, 1.82) is 0 Å². The van der Waals surface area contributed by atoms with E-state index in [1.807, 2.05) is 0 Å². The van der Waals surface area contributed by atoms with Gasteiger partial charge >= 0.3 is 6.18 Å². The lowest BCUT2D eigenvalue weighted by Crippen LogP contribution is -2.20. The number of alkyl halides is 3. The minimum absolute atomic E-state index is 0.0330. The third kappa shape index (κ3) is 3.31. The Hall–Kier alpha value is -2.57. The number of halogens is 3. The topological polar surface area (TPSA) is 62.0 Å². The molecule has 0 saturated carbocycles. The van der Waals surface area contributed by atoms with Crippen LogP contribution in [-0.2, 0) is 6.18 Å². The van der Waals surface area contributed by atoms with Crippen LogP contribution in [0.1, 0.15) is 21.5 Å². The highest BCUT2D eigenvalue weighted by Crippen LogP contribution is 2.29. The van der Waals surface area contributed by atoms with E-state index in [2.05, 4.69) is 10.3 Å². The molecule has 0 spiro atoms. The number of aromatic nitrogens is 1. The number of nitrogens with one attached hydrogen (secondary N) is 2. The van der Waals surface area contributed by atoms with E-state index in [1.165, 1.54) is 6.20 Å². The van der Waals surface area contributed by atoms with Gasteiger partial charge in [-0.05, 0) is 42.8 Å². The molecular formula is C14H11F3N2O2. The van der Waals surface area contributed by atoms with Gasteiger partial charge < -0.3 is 10.3 Å². The average molecular weight is 296 g/mol. The van der Waals surface area contributed by atoms with Gasteiger partial charge in [0.1, 0.15) is 5.69 Å². The minimum Gasteiger partial charge on any atom is -0.327 e. The summed E-state index contributed by atoms with van der Waals surface area (Å²) < 4.78 is 37.3. The van der Waals surface area contributed by atoms with Crippen LogP contribution < -0.4 is 10.9 Å².